The van der Waals surface area contributed by atoms with Crippen molar-refractivity contribution in [2.24, 2.45) is 0 Å². The Morgan fingerprint density at radius 1 is 1.02 bits per heavy atom. The zero-order valence-electron chi connectivity index (χ0n) is 20.6. The van der Waals surface area contributed by atoms with Crippen LogP contribution in [-0.2, 0) is 4.79 Å². The first-order valence-corrected chi connectivity index (χ1v) is 12.9. The zero-order valence-corrected chi connectivity index (χ0v) is 21.4. The number of carboxylic acids is 1. The number of alkyl halides is 3. The Morgan fingerprint density at radius 2 is 1.77 bits per heavy atom. The van der Waals surface area contributed by atoms with E-state index in [1.165, 1.54) is 0 Å². The number of fused-ring (bicyclic) bond motifs is 2. The number of pyridine rings is 1. The molecule has 10 nitrogen and oxygen atoms in total. The third kappa shape index (κ3) is 6.17. The number of aromatic nitrogens is 4. The maximum absolute atomic E-state index is 12.7. The van der Waals surface area contributed by atoms with Gasteiger partial charge < -0.3 is 19.8 Å². The summed E-state index contributed by atoms with van der Waals surface area (Å²) in [5.74, 6) is -1.53. The molecule has 0 spiro atoms. The number of halogens is 3. The summed E-state index contributed by atoms with van der Waals surface area (Å²) in [4.78, 5) is 37.0. The molecule has 0 unspecified atom stereocenters. The minimum atomic E-state index is -5.08. The van der Waals surface area contributed by atoms with E-state index in [4.69, 9.17) is 14.4 Å². The van der Waals surface area contributed by atoms with Crippen molar-refractivity contribution in [3.8, 4) is 11.5 Å². The Balaban J connectivity index is 0.000000411. The van der Waals surface area contributed by atoms with Crippen LogP contribution >= 0.6 is 11.3 Å². The van der Waals surface area contributed by atoms with Crippen LogP contribution in [-0.4, -0.2) is 61.4 Å². The number of carboxylic acid groups (broad SMARTS) is 1. The van der Waals surface area contributed by atoms with Gasteiger partial charge >= 0.3 is 18.2 Å². The molecule has 1 fully saturated rings. The fourth-order valence-electron chi connectivity index (χ4n) is 4.16. The molecule has 4 heterocycles. The van der Waals surface area contributed by atoms with Crippen LogP contribution in [0.3, 0.4) is 0 Å². The van der Waals surface area contributed by atoms with Crippen molar-refractivity contribution in [2.75, 3.05) is 18.4 Å². The number of likely N-dealkylation sites (tertiary alicyclic amines) is 1. The summed E-state index contributed by atoms with van der Waals surface area (Å²) in [7, 11) is 0. The first kappa shape index (κ1) is 27.0. The highest BCUT2D eigenvalue weighted by Crippen LogP contribution is 2.29. The van der Waals surface area contributed by atoms with Gasteiger partial charge in [0.2, 0.25) is 11.7 Å². The molecule has 2 N–H and O–H groups in total. The number of urea groups is 1. The number of rotatable bonds is 3. The maximum atomic E-state index is 12.7. The standard InChI is InChI=1S/C24H20N6O2S.C2HF3O2/c31-24(26-17-6-8-21-20(13-17)25-14-33-21)30-11-9-16(10-12-30)23-28-22(29-32-23)19-7-5-15-3-1-2-4-18(15)27-19;3-2(4,5)1(6)7/h1-8,13-14,16H,9-12H2,(H,26,31);(H,6,7). The van der Waals surface area contributed by atoms with E-state index >= 15 is 0 Å². The van der Waals surface area contributed by atoms with Crippen LogP contribution in [0.25, 0.3) is 32.6 Å². The average molecular weight is 571 g/mol. The fourth-order valence-corrected chi connectivity index (χ4v) is 4.82. The van der Waals surface area contributed by atoms with Crippen molar-refractivity contribution >= 4 is 50.1 Å². The van der Waals surface area contributed by atoms with Crippen molar-refractivity contribution in [1.82, 2.24) is 25.0 Å². The Bertz CT molecular complexity index is 1660. The number of piperidine rings is 1. The summed E-state index contributed by atoms with van der Waals surface area (Å²) >= 11 is 1.58. The lowest BCUT2D eigenvalue weighted by Gasteiger charge is -2.30. The van der Waals surface area contributed by atoms with Gasteiger partial charge in [-0.1, -0.05) is 29.4 Å². The van der Waals surface area contributed by atoms with E-state index in [9.17, 15) is 18.0 Å². The number of hydrogen-bond acceptors (Lipinski definition) is 8. The van der Waals surface area contributed by atoms with Gasteiger partial charge in [-0.25, -0.2) is 19.6 Å². The van der Waals surface area contributed by atoms with Crippen LogP contribution in [0.4, 0.5) is 23.7 Å². The Hall–Kier alpha value is -4.59. The van der Waals surface area contributed by atoms with Crippen molar-refractivity contribution in [1.29, 1.82) is 0 Å². The second-order valence-corrected chi connectivity index (χ2v) is 9.76. The number of benzene rings is 2. The first-order valence-electron chi connectivity index (χ1n) is 12.1. The van der Waals surface area contributed by atoms with Crippen LogP contribution in [0.15, 0.2) is 64.6 Å². The molecule has 1 aliphatic heterocycles. The van der Waals surface area contributed by atoms with Gasteiger partial charge in [0, 0.05) is 30.1 Å². The van der Waals surface area contributed by atoms with Crippen LogP contribution in [0.2, 0.25) is 0 Å². The summed E-state index contributed by atoms with van der Waals surface area (Å²) < 4.78 is 38.4. The fraction of sp³-hybridized carbons (Fsp3) is 0.231. The highest BCUT2D eigenvalue weighted by Gasteiger charge is 2.38. The van der Waals surface area contributed by atoms with Gasteiger partial charge in [0.25, 0.3) is 0 Å². The summed E-state index contributed by atoms with van der Waals surface area (Å²) in [6.45, 7) is 1.25. The molecule has 40 heavy (non-hydrogen) atoms. The van der Waals surface area contributed by atoms with Gasteiger partial charge in [-0.15, -0.1) is 11.3 Å². The SMILES string of the molecule is O=C(Nc1ccc2scnc2c1)N1CCC(c2nc(-c3ccc4ccccc4n3)no2)CC1.O=C(O)C(F)(F)F. The molecule has 206 valence electrons. The van der Waals surface area contributed by atoms with E-state index in [-0.39, 0.29) is 11.9 Å². The van der Waals surface area contributed by atoms with Crippen LogP contribution in [0.5, 0.6) is 0 Å². The molecule has 2 aromatic carbocycles. The van der Waals surface area contributed by atoms with E-state index in [0.717, 1.165) is 39.6 Å². The Morgan fingerprint density at radius 3 is 2.52 bits per heavy atom. The van der Waals surface area contributed by atoms with E-state index in [2.05, 4.69) is 25.4 Å². The molecule has 3 aromatic heterocycles. The van der Waals surface area contributed by atoms with Gasteiger partial charge in [-0.2, -0.15) is 18.2 Å². The van der Waals surface area contributed by atoms with Crippen molar-refractivity contribution < 1.29 is 32.4 Å². The van der Waals surface area contributed by atoms with Crippen molar-refractivity contribution in [2.45, 2.75) is 24.9 Å². The Kier molecular flexibility index (Phi) is 7.60. The molecule has 2 amide bonds. The molecule has 5 aromatic rings. The highest BCUT2D eigenvalue weighted by molar-refractivity contribution is 7.16. The van der Waals surface area contributed by atoms with E-state index < -0.39 is 12.1 Å². The van der Waals surface area contributed by atoms with Crippen molar-refractivity contribution in [3.05, 3.63) is 66.0 Å². The molecule has 0 saturated carbocycles. The molecule has 14 heteroatoms. The van der Waals surface area contributed by atoms with Crippen LogP contribution < -0.4 is 5.32 Å². The monoisotopic (exact) mass is 570 g/mol. The number of thiazole rings is 1. The molecule has 0 aliphatic carbocycles. The molecule has 0 bridgehead atoms. The normalized spacial score (nSPS) is 14.1. The molecule has 1 aliphatic rings. The lowest BCUT2D eigenvalue weighted by Crippen LogP contribution is -2.40. The maximum Gasteiger partial charge on any atom is 0.490 e. The second-order valence-electron chi connectivity index (χ2n) is 8.87. The molecule has 1 saturated heterocycles. The molecule has 0 atom stereocenters. The lowest BCUT2D eigenvalue weighted by atomic mass is 9.97. The predicted octanol–water partition coefficient (Wildman–Crippen LogP) is 5.94. The predicted molar refractivity (Wildman–Crippen MR) is 141 cm³/mol. The number of carbonyl (C=O) groups excluding carboxylic acids is 1. The van der Waals surface area contributed by atoms with Gasteiger partial charge in [0.15, 0.2) is 0 Å². The summed E-state index contributed by atoms with van der Waals surface area (Å²) in [6, 6.07) is 17.5. The molecule has 0 radical (unpaired) electrons. The van der Waals surface area contributed by atoms with Crippen LogP contribution in [0.1, 0.15) is 24.7 Å². The molecular formula is C26H21F3N6O4S. The van der Waals surface area contributed by atoms with E-state index in [1.54, 1.807) is 16.8 Å². The van der Waals surface area contributed by atoms with Crippen LogP contribution in [0, 0.1) is 0 Å². The third-order valence-corrected chi connectivity index (χ3v) is 7.03. The van der Waals surface area contributed by atoms with Gasteiger partial charge in [-0.05, 0) is 43.2 Å². The smallest absolute Gasteiger partial charge is 0.475 e. The average Bonchev–Trinajstić information content (AvgIpc) is 3.63. The minimum absolute atomic E-state index is 0.102. The van der Waals surface area contributed by atoms with Gasteiger partial charge in [0.05, 0.1) is 21.2 Å². The number of nitrogens with zero attached hydrogens (tertiary/aromatic N) is 5. The minimum Gasteiger partial charge on any atom is -0.475 e. The molecular weight excluding hydrogens is 549 g/mol. The number of hydrogen-bond donors (Lipinski definition) is 2. The topological polar surface area (TPSA) is 134 Å². The second kappa shape index (κ2) is 11.3. The van der Waals surface area contributed by atoms with Crippen molar-refractivity contribution in [3.63, 3.8) is 0 Å². The Labute approximate surface area is 228 Å². The summed E-state index contributed by atoms with van der Waals surface area (Å²) in [5, 5.41) is 15.3. The zero-order chi connectivity index (χ0) is 28.3. The summed E-state index contributed by atoms with van der Waals surface area (Å²) in [5.41, 5.74) is 5.04. The number of para-hydroxylation sites is 1. The van der Waals surface area contributed by atoms with E-state index in [0.29, 0.717) is 30.5 Å². The van der Waals surface area contributed by atoms with Gasteiger partial charge in [0.1, 0.15) is 5.69 Å². The lowest BCUT2D eigenvalue weighted by molar-refractivity contribution is -0.192. The number of amides is 2. The summed E-state index contributed by atoms with van der Waals surface area (Å²) in [6.07, 6.45) is -3.54. The molecule has 6 rings (SSSR count). The third-order valence-electron chi connectivity index (χ3n) is 6.22. The highest BCUT2D eigenvalue weighted by atomic mass is 32.1. The largest absolute Gasteiger partial charge is 0.490 e. The number of anilines is 1. The van der Waals surface area contributed by atoms with Gasteiger partial charge in [-0.3, -0.25) is 0 Å². The quantitative estimate of drug-likeness (QED) is 0.272. The number of aliphatic carboxylic acids is 1. The number of nitrogens with one attached hydrogen (secondary N) is 1. The van der Waals surface area contributed by atoms with E-state index in [1.807, 2.05) is 59.5 Å². The number of carbonyl (C=O) groups is 2. The first-order chi connectivity index (χ1) is 19.2.